The number of benzene rings is 2. The molecule has 0 amide bonds. The lowest BCUT2D eigenvalue weighted by Gasteiger charge is -2.29. The third kappa shape index (κ3) is 3.99. The van der Waals surface area contributed by atoms with Gasteiger partial charge in [0.05, 0.1) is 4.75 Å². The third-order valence-electron chi connectivity index (χ3n) is 6.62. The van der Waals surface area contributed by atoms with Gasteiger partial charge in [-0.15, -0.1) is 0 Å². The highest BCUT2D eigenvalue weighted by Crippen LogP contribution is 2.39. The van der Waals surface area contributed by atoms with Crippen LogP contribution in [0.3, 0.4) is 0 Å². The lowest BCUT2D eigenvalue weighted by atomic mass is 9.96. The van der Waals surface area contributed by atoms with E-state index in [4.69, 9.17) is 5.14 Å². The minimum Gasteiger partial charge on any atom is -0.337 e. The van der Waals surface area contributed by atoms with Gasteiger partial charge >= 0.3 is 0 Å². The van der Waals surface area contributed by atoms with E-state index < -0.39 is 14.8 Å². The fraction of sp³-hybridized carbons (Fsp3) is 0.417. The number of nitrogens with zero attached hydrogens (tertiary/aromatic N) is 1. The molecule has 2 N–H and O–H groups in total. The second-order valence-electron chi connectivity index (χ2n) is 8.61. The Bertz CT molecular complexity index is 1090. The minimum atomic E-state index is -3.59. The molecule has 2 unspecified atom stereocenters. The van der Waals surface area contributed by atoms with Gasteiger partial charge in [0, 0.05) is 22.6 Å². The van der Waals surface area contributed by atoms with Crippen LogP contribution in [0.2, 0.25) is 0 Å². The molecule has 0 spiro atoms. The van der Waals surface area contributed by atoms with Gasteiger partial charge in [-0.2, -0.15) is 0 Å². The first kappa shape index (κ1) is 20.2. The summed E-state index contributed by atoms with van der Waals surface area (Å²) in [6.07, 6.45) is 6.17. The van der Waals surface area contributed by atoms with Gasteiger partial charge in [-0.1, -0.05) is 67.8 Å². The average Bonchev–Trinajstić information content (AvgIpc) is 3.12. The second-order valence-corrected chi connectivity index (χ2v) is 10.7. The molecule has 1 saturated carbocycles. The van der Waals surface area contributed by atoms with Crippen LogP contribution in [0, 0.1) is 0 Å². The summed E-state index contributed by atoms with van der Waals surface area (Å²) in [6.45, 7) is 1.83. The van der Waals surface area contributed by atoms with E-state index in [-0.39, 0.29) is 6.04 Å². The Morgan fingerprint density at radius 1 is 0.931 bits per heavy atom. The van der Waals surface area contributed by atoms with E-state index in [2.05, 4.69) is 59.2 Å². The first-order valence-electron chi connectivity index (χ1n) is 10.6. The number of hydrogen-bond acceptors (Lipinski definition) is 2. The Balaban J connectivity index is 1.80. The second kappa shape index (κ2) is 7.96. The zero-order valence-electron chi connectivity index (χ0n) is 17.0. The van der Waals surface area contributed by atoms with E-state index in [1.165, 1.54) is 22.2 Å². The van der Waals surface area contributed by atoms with E-state index in [1.807, 2.05) is 13.0 Å². The van der Waals surface area contributed by atoms with Crippen LogP contribution in [0.1, 0.15) is 57.9 Å². The van der Waals surface area contributed by atoms with Crippen LogP contribution in [-0.4, -0.2) is 17.7 Å². The van der Waals surface area contributed by atoms with Crippen molar-refractivity contribution in [3.05, 3.63) is 60.7 Å². The zero-order valence-corrected chi connectivity index (χ0v) is 17.9. The molecule has 0 aliphatic heterocycles. The Kier molecular flexibility index (Phi) is 5.54. The molecular weight excluding hydrogens is 380 g/mol. The van der Waals surface area contributed by atoms with Crippen molar-refractivity contribution < 1.29 is 8.42 Å². The maximum Gasteiger partial charge on any atom is 0.214 e. The average molecular weight is 411 g/mol. The van der Waals surface area contributed by atoms with Crippen molar-refractivity contribution in [3.8, 4) is 11.3 Å². The molecule has 1 aliphatic carbocycles. The van der Waals surface area contributed by atoms with E-state index in [9.17, 15) is 8.42 Å². The van der Waals surface area contributed by atoms with E-state index in [0.717, 1.165) is 32.1 Å². The van der Waals surface area contributed by atoms with Gasteiger partial charge < -0.3 is 4.57 Å². The molecule has 1 fully saturated rings. The quantitative estimate of drug-likeness (QED) is 0.607. The van der Waals surface area contributed by atoms with Crippen LogP contribution >= 0.6 is 0 Å². The molecule has 2 atom stereocenters. The predicted molar refractivity (Wildman–Crippen MR) is 120 cm³/mol. The van der Waals surface area contributed by atoms with Crippen molar-refractivity contribution in [3.63, 3.8) is 0 Å². The minimum absolute atomic E-state index is 0.254. The largest absolute Gasteiger partial charge is 0.337 e. The first-order valence-corrected chi connectivity index (χ1v) is 12.1. The molecule has 0 saturated heterocycles. The normalized spacial score (nSPS) is 24.0. The smallest absolute Gasteiger partial charge is 0.214 e. The van der Waals surface area contributed by atoms with Gasteiger partial charge in [-0.05, 0) is 50.3 Å². The lowest BCUT2D eigenvalue weighted by Crippen LogP contribution is -2.40. The molecule has 3 aromatic rings. The highest BCUT2D eigenvalue weighted by molar-refractivity contribution is 7.90. The first-order chi connectivity index (χ1) is 13.9. The topological polar surface area (TPSA) is 65.1 Å². The molecule has 1 aliphatic rings. The molecular formula is C24H30N2O2S. The van der Waals surface area contributed by atoms with Crippen molar-refractivity contribution in [2.45, 2.75) is 62.7 Å². The van der Waals surface area contributed by atoms with E-state index >= 15 is 0 Å². The molecule has 29 heavy (non-hydrogen) atoms. The molecule has 1 heterocycles. The molecule has 4 rings (SSSR count). The van der Waals surface area contributed by atoms with Gasteiger partial charge in [-0.25, -0.2) is 13.6 Å². The van der Waals surface area contributed by atoms with Crippen LogP contribution in [-0.2, 0) is 10.0 Å². The SMILES string of the molecule is CC1(S(N)(=O)=O)CCCCCC(n2c(-c3ccccc3)cc3ccccc32)CC1. The Hall–Kier alpha value is -2.11. The van der Waals surface area contributed by atoms with Crippen LogP contribution < -0.4 is 5.14 Å². The fourth-order valence-corrected chi connectivity index (χ4v) is 5.57. The fourth-order valence-electron chi connectivity index (χ4n) is 4.74. The number of fused-ring (bicyclic) bond motifs is 1. The number of hydrogen-bond donors (Lipinski definition) is 1. The third-order valence-corrected chi connectivity index (χ3v) is 8.40. The predicted octanol–water partition coefficient (Wildman–Crippen LogP) is 5.64. The molecule has 2 aromatic carbocycles. The summed E-state index contributed by atoms with van der Waals surface area (Å²) >= 11 is 0. The van der Waals surface area contributed by atoms with Crippen molar-refractivity contribution >= 4 is 20.9 Å². The number of primary sulfonamides is 1. The Morgan fingerprint density at radius 3 is 2.41 bits per heavy atom. The van der Waals surface area contributed by atoms with Crippen molar-refractivity contribution in [1.29, 1.82) is 0 Å². The Morgan fingerprint density at radius 2 is 1.66 bits per heavy atom. The number of nitrogens with two attached hydrogens (primary N) is 1. The summed E-state index contributed by atoms with van der Waals surface area (Å²) in [4.78, 5) is 0. The summed E-state index contributed by atoms with van der Waals surface area (Å²) in [6, 6.07) is 21.5. The number of aromatic nitrogens is 1. The molecule has 4 nitrogen and oxygen atoms in total. The summed E-state index contributed by atoms with van der Waals surface area (Å²) in [7, 11) is -3.59. The summed E-state index contributed by atoms with van der Waals surface area (Å²) < 4.78 is 26.3. The van der Waals surface area contributed by atoms with Crippen LogP contribution in [0.4, 0.5) is 0 Å². The van der Waals surface area contributed by atoms with Crippen molar-refractivity contribution in [2.75, 3.05) is 0 Å². The molecule has 5 heteroatoms. The molecule has 0 bridgehead atoms. The lowest BCUT2D eigenvalue weighted by molar-refractivity contribution is 0.400. The summed E-state index contributed by atoms with van der Waals surface area (Å²) in [5.74, 6) is 0. The zero-order chi connectivity index (χ0) is 20.5. The van der Waals surface area contributed by atoms with Gasteiger partial charge in [0.1, 0.15) is 0 Å². The van der Waals surface area contributed by atoms with E-state index in [0.29, 0.717) is 12.8 Å². The Labute approximate surface area is 173 Å². The van der Waals surface area contributed by atoms with Crippen LogP contribution in [0.5, 0.6) is 0 Å². The maximum atomic E-state index is 12.4. The molecule has 0 radical (unpaired) electrons. The van der Waals surface area contributed by atoms with Crippen LogP contribution in [0.15, 0.2) is 60.7 Å². The standard InChI is InChI=1S/C24H30N2O2S/c1-24(29(25,27)28)16-9-3-6-13-21(15-17-24)26-22-14-8-7-12-20(22)18-23(26)19-10-4-2-5-11-19/h2,4-5,7-8,10-12,14,18,21H,3,6,9,13,15-17H2,1H3,(H2,25,27,28). The number of para-hydroxylation sites is 1. The van der Waals surface area contributed by atoms with Crippen molar-refractivity contribution in [2.24, 2.45) is 5.14 Å². The highest BCUT2D eigenvalue weighted by Gasteiger charge is 2.37. The summed E-state index contributed by atoms with van der Waals surface area (Å²) in [5.41, 5.74) is 3.61. The monoisotopic (exact) mass is 410 g/mol. The van der Waals surface area contributed by atoms with Gasteiger partial charge in [0.25, 0.3) is 0 Å². The van der Waals surface area contributed by atoms with Gasteiger partial charge in [0.2, 0.25) is 10.0 Å². The molecule has 154 valence electrons. The van der Waals surface area contributed by atoms with Crippen LogP contribution in [0.25, 0.3) is 22.2 Å². The van der Waals surface area contributed by atoms with E-state index in [1.54, 1.807) is 0 Å². The number of rotatable bonds is 3. The summed E-state index contributed by atoms with van der Waals surface area (Å²) in [5, 5.41) is 6.88. The number of sulfonamides is 1. The molecule has 1 aromatic heterocycles. The maximum absolute atomic E-state index is 12.4. The highest BCUT2D eigenvalue weighted by atomic mass is 32.2. The van der Waals surface area contributed by atoms with Crippen molar-refractivity contribution in [1.82, 2.24) is 4.57 Å². The van der Waals surface area contributed by atoms with Gasteiger partial charge in [-0.3, -0.25) is 0 Å². The van der Waals surface area contributed by atoms with Gasteiger partial charge in [0.15, 0.2) is 0 Å².